The highest BCUT2D eigenvalue weighted by Gasteiger charge is 2.28. The fourth-order valence-electron chi connectivity index (χ4n) is 3.73. The number of amides is 2. The second-order valence-corrected chi connectivity index (χ2v) is 7.28. The molecule has 1 unspecified atom stereocenters. The number of carbonyl (C=O) groups is 2. The molecule has 10 heteroatoms. The van der Waals surface area contributed by atoms with E-state index >= 15 is 0 Å². The van der Waals surface area contributed by atoms with Gasteiger partial charge >= 0.3 is 0 Å². The number of nitrogens with zero attached hydrogens (tertiary/aromatic N) is 4. The second kappa shape index (κ2) is 8.56. The van der Waals surface area contributed by atoms with Crippen LogP contribution >= 0.6 is 0 Å². The summed E-state index contributed by atoms with van der Waals surface area (Å²) in [7, 11) is 1.54. The first-order valence-corrected chi connectivity index (χ1v) is 9.73. The molecule has 0 saturated carbocycles. The molecule has 4 rings (SSSR count). The molecule has 154 valence electrons. The molecule has 2 amide bonds. The van der Waals surface area contributed by atoms with Crippen molar-refractivity contribution in [1.29, 1.82) is 0 Å². The van der Waals surface area contributed by atoms with Gasteiger partial charge in [0.25, 0.3) is 5.91 Å². The Bertz CT molecular complexity index is 918. The normalized spacial score (nSPS) is 18.1. The fourth-order valence-corrected chi connectivity index (χ4v) is 3.73. The summed E-state index contributed by atoms with van der Waals surface area (Å²) < 4.78 is 9.99. The van der Waals surface area contributed by atoms with E-state index in [9.17, 15) is 9.59 Å². The molecule has 2 N–H and O–H groups in total. The first kappa shape index (κ1) is 19.3. The molecular formula is C19H24N6O4. The molecule has 0 spiro atoms. The van der Waals surface area contributed by atoms with E-state index in [2.05, 4.69) is 37.8 Å². The van der Waals surface area contributed by atoms with Gasteiger partial charge < -0.3 is 19.5 Å². The summed E-state index contributed by atoms with van der Waals surface area (Å²) in [5.41, 5.74) is 2.03. The first-order chi connectivity index (χ1) is 14.1. The Morgan fingerprint density at radius 1 is 1.45 bits per heavy atom. The Morgan fingerprint density at radius 3 is 3.14 bits per heavy atom. The van der Waals surface area contributed by atoms with E-state index in [0.717, 1.165) is 24.1 Å². The molecule has 1 aliphatic carbocycles. The second-order valence-electron chi connectivity index (χ2n) is 7.28. The number of rotatable bonds is 7. The van der Waals surface area contributed by atoms with Crippen LogP contribution in [0.2, 0.25) is 0 Å². The standard InChI is InChI=1S/C19H24N6O4/c1-28-11-15-21-16(29-24-15)9-20-19(27)18-13-6-7-25(10-14(13)22-23-18)17(26)8-12-4-2-3-5-12/h2,4,12H,3,5-11H2,1H3,(H,20,27)(H,22,23). The number of nitrogens with one attached hydrogen (secondary N) is 2. The van der Waals surface area contributed by atoms with Crippen LogP contribution in [-0.4, -0.2) is 50.7 Å². The van der Waals surface area contributed by atoms with Crippen LogP contribution in [-0.2, 0) is 35.6 Å². The summed E-state index contributed by atoms with van der Waals surface area (Å²) in [6, 6.07) is 0. The van der Waals surface area contributed by atoms with Crippen molar-refractivity contribution in [3.05, 3.63) is 40.8 Å². The molecule has 1 atom stereocenters. The third-order valence-corrected chi connectivity index (χ3v) is 5.23. The van der Waals surface area contributed by atoms with E-state index in [4.69, 9.17) is 9.26 Å². The van der Waals surface area contributed by atoms with Crippen LogP contribution < -0.4 is 5.32 Å². The Kier molecular flexibility index (Phi) is 5.70. The zero-order valence-electron chi connectivity index (χ0n) is 16.3. The third kappa shape index (κ3) is 4.37. The summed E-state index contributed by atoms with van der Waals surface area (Å²) in [5, 5.41) is 13.6. The first-order valence-electron chi connectivity index (χ1n) is 9.73. The van der Waals surface area contributed by atoms with Gasteiger partial charge in [0.2, 0.25) is 11.8 Å². The van der Waals surface area contributed by atoms with Crippen molar-refractivity contribution in [3.63, 3.8) is 0 Å². The summed E-state index contributed by atoms with van der Waals surface area (Å²) in [6.45, 7) is 1.40. The number of aromatic nitrogens is 4. The molecular weight excluding hydrogens is 376 g/mol. The van der Waals surface area contributed by atoms with Crippen LogP contribution in [0.4, 0.5) is 0 Å². The number of allylic oxidation sites excluding steroid dienone is 2. The van der Waals surface area contributed by atoms with Crippen LogP contribution in [0.5, 0.6) is 0 Å². The van der Waals surface area contributed by atoms with Crippen molar-refractivity contribution in [2.45, 2.75) is 45.4 Å². The molecule has 0 saturated heterocycles. The maximum atomic E-state index is 12.6. The maximum absolute atomic E-state index is 12.6. The molecule has 2 aromatic heterocycles. The highest BCUT2D eigenvalue weighted by atomic mass is 16.5. The highest BCUT2D eigenvalue weighted by Crippen LogP contribution is 2.25. The molecule has 0 aromatic carbocycles. The fraction of sp³-hybridized carbons (Fsp3) is 0.526. The van der Waals surface area contributed by atoms with Crippen molar-refractivity contribution in [2.75, 3.05) is 13.7 Å². The monoisotopic (exact) mass is 400 g/mol. The minimum Gasteiger partial charge on any atom is -0.377 e. The lowest BCUT2D eigenvalue weighted by molar-refractivity contribution is -0.132. The maximum Gasteiger partial charge on any atom is 0.272 e. The molecule has 29 heavy (non-hydrogen) atoms. The molecule has 2 aliphatic rings. The molecule has 10 nitrogen and oxygen atoms in total. The van der Waals surface area contributed by atoms with Gasteiger partial charge in [-0.05, 0) is 25.2 Å². The topological polar surface area (TPSA) is 126 Å². The Morgan fingerprint density at radius 2 is 2.34 bits per heavy atom. The van der Waals surface area contributed by atoms with E-state index in [1.165, 1.54) is 0 Å². The van der Waals surface area contributed by atoms with Crippen molar-refractivity contribution < 1.29 is 18.8 Å². The Balaban J connectivity index is 1.33. The van der Waals surface area contributed by atoms with Gasteiger partial charge in [0, 0.05) is 25.6 Å². The Hall–Kier alpha value is -3.01. The van der Waals surface area contributed by atoms with Crippen molar-refractivity contribution in [1.82, 2.24) is 30.6 Å². The molecule has 0 radical (unpaired) electrons. The summed E-state index contributed by atoms with van der Waals surface area (Å²) in [4.78, 5) is 31.0. The number of methoxy groups -OCH3 is 1. The van der Waals surface area contributed by atoms with Gasteiger partial charge in [-0.25, -0.2) is 0 Å². The van der Waals surface area contributed by atoms with E-state index in [-0.39, 0.29) is 25.0 Å². The largest absolute Gasteiger partial charge is 0.377 e. The van der Waals surface area contributed by atoms with Crippen molar-refractivity contribution >= 4 is 11.8 Å². The number of aromatic amines is 1. The van der Waals surface area contributed by atoms with Crippen LogP contribution in [0.3, 0.4) is 0 Å². The van der Waals surface area contributed by atoms with Gasteiger partial charge in [0.15, 0.2) is 11.5 Å². The van der Waals surface area contributed by atoms with E-state index in [1.54, 1.807) is 7.11 Å². The molecule has 1 aliphatic heterocycles. The summed E-state index contributed by atoms with van der Waals surface area (Å²) >= 11 is 0. The van der Waals surface area contributed by atoms with Crippen LogP contribution in [0.25, 0.3) is 0 Å². The summed E-state index contributed by atoms with van der Waals surface area (Å²) in [5.74, 6) is 0.904. The number of hydrogen-bond donors (Lipinski definition) is 2. The highest BCUT2D eigenvalue weighted by molar-refractivity contribution is 5.94. The molecule has 3 heterocycles. The van der Waals surface area contributed by atoms with Gasteiger partial charge in [-0.3, -0.25) is 14.7 Å². The number of ether oxygens (including phenoxy) is 1. The zero-order chi connectivity index (χ0) is 20.2. The van der Waals surface area contributed by atoms with Crippen molar-refractivity contribution in [3.8, 4) is 0 Å². The van der Waals surface area contributed by atoms with E-state index in [0.29, 0.717) is 49.3 Å². The lowest BCUT2D eigenvalue weighted by Crippen LogP contribution is -2.37. The van der Waals surface area contributed by atoms with Crippen LogP contribution in [0.1, 0.15) is 52.7 Å². The quantitative estimate of drug-likeness (QED) is 0.667. The minimum atomic E-state index is -0.315. The predicted octanol–water partition coefficient (Wildman–Crippen LogP) is 1.11. The van der Waals surface area contributed by atoms with Crippen LogP contribution in [0.15, 0.2) is 16.7 Å². The third-order valence-electron chi connectivity index (χ3n) is 5.23. The number of H-pyrrole nitrogens is 1. The average Bonchev–Trinajstić information content (AvgIpc) is 3.47. The molecule has 0 fully saturated rings. The predicted molar refractivity (Wildman–Crippen MR) is 100 cm³/mol. The molecule has 2 aromatic rings. The Labute approximate surface area is 167 Å². The minimum absolute atomic E-state index is 0.108. The van der Waals surface area contributed by atoms with E-state index in [1.807, 2.05) is 4.90 Å². The van der Waals surface area contributed by atoms with Gasteiger partial charge in [-0.1, -0.05) is 17.3 Å². The number of carbonyl (C=O) groups excluding carboxylic acids is 2. The van der Waals surface area contributed by atoms with Crippen molar-refractivity contribution in [2.24, 2.45) is 5.92 Å². The van der Waals surface area contributed by atoms with Gasteiger partial charge in [-0.2, -0.15) is 10.1 Å². The molecule has 0 bridgehead atoms. The zero-order valence-corrected chi connectivity index (χ0v) is 16.3. The van der Waals surface area contributed by atoms with Gasteiger partial charge in [0.05, 0.1) is 18.8 Å². The lowest BCUT2D eigenvalue weighted by atomic mass is 10.0. The SMILES string of the molecule is COCc1noc(CNC(=O)c2n[nH]c3c2CCN(C(=O)CC2C=CCC2)C3)n1. The number of fused-ring (bicyclic) bond motifs is 1. The number of hydrogen-bond acceptors (Lipinski definition) is 7. The lowest BCUT2D eigenvalue weighted by Gasteiger charge is -2.27. The summed E-state index contributed by atoms with van der Waals surface area (Å²) in [6.07, 6.45) is 7.51. The van der Waals surface area contributed by atoms with Gasteiger partial charge in [0.1, 0.15) is 6.61 Å². The van der Waals surface area contributed by atoms with Gasteiger partial charge in [-0.15, -0.1) is 0 Å². The van der Waals surface area contributed by atoms with E-state index < -0.39 is 0 Å². The van der Waals surface area contributed by atoms with Crippen LogP contribution in [0, 0.1) is 5.92 Å². The average molecular weight is 400 g/mol. The smallest absolute Gasteiger partial charge is 0.272 e.